The molecule has 2 aliphatic rings. The first-order valence-corrected chi connectivity index (χ1v) is 6.94. The number of carbonyl (C=O) groups is 1. The average Bonchev–Trinajstić information content (AvgIpc) is 2.75. The number of rotatable bonds is 4. The topological polar surface area (TPSA) is 49.6 Å². The number of piperazine rings is 1. The van der Waals surface area contributed by atoms with Crippen LogP contribution in [0, 0.1) is 0 Å². The zero-order valence-electron chi connectivity index (χ0n) is 10.9. The Hall–Kier alpha value is -0.610. The first kappa shape index (κ1) is 12.8. The van der Waals surface area contributed by atoms with Crippen LogP contribution in [0.1, 0.15) is 39.0 Å². The van der Waals surface area contributed by atoms with Gasteiger partial charge < -0.3 is 10.6 Å². The second-order valence-corrected chi connectivity index (χ2v) is 5.54. The number of hydrogen-bond donors (Lipinski definition) is 1. The summed E-state index contributed by atoms with van der Waals surface area (Å²) in [6, 6.07) is 0.857. The summed E-state index contributed by atoms with van der Waals surface area (Å²) >= 11 is 0. The van der Waals surface area contributed by atoms with Crippen LogP contribution in [0.2, 0.25) is 0 Å². The molecule has 2 rings (SSSR count). The van der Waals surface area contributed by atoms with E-state index in [0.29, 0.717) is 18.4 Å². The Balaban J connectivity index is 1.72. The van der Waals surface area contributed by atoms with Crippen molar-refractivity contribution in [2.45, 2.75) is 51.1 Å². The van der Waals surface area contributed by atoms with E-state index < -0.39 is 0 Å². The van der Waals surface area contributed by atoms with Crippen molar-refractivity contribution in [3.05, 3.63) is 0 Å². The van der Waals surface area contributed by atoms with Gasteiger partial charge in [0.2, 0.25) is 5.91 Å². The maximum atomic E-state index is 12.0. The highest BCUT2D eigenvalue weighted by Gasteiger charge is 2.31. The van der Waals surface area contributed by atoms with Crippen LogP contribution in [0.15, 0.2) is 0 Å². The second kappa shape index (κ2) is 5.83. The Labute approximate surface area is 104 Å². The number of fused-ring (bicyclic) bond motifs is 1. The van der Waals surface area contributed by atoms with Crippen molar-refractivity contribution in [2.75, 3.05) is 26.2 Å². The smallest absolute Gasteiger partial charge is 0.222 e. The summed E-state index contributed by atoms with van der Waals surface area (Å²) in [5, 5.41) is 0. The van der Waals surface area contributed by atoms with Crippen molar-refractivity contribution >= 4 is 5.91 Å². The second-order valence-electron chi connectivity index (χ2n) is 5.54. The molecule has 2 aliphatic heterocycles. The summed E-state index contributed by atoms with van der Waals surface area (Å²) in [6.45, 7) is 6.19. The van der Waals surface area contributed by atoms with E-state index in [2.05, 4.69) is 9.80 Å². The van der Waals surface area contributed by atoms with Crippen LogP contribution in [0.25, 0.3) is 0 Å². The van der Waals surface area contributed by atoms with E-state index >= 15 is 0 Å². The molecule has 2 fully saturated rings. The van der Waals surface area contributed by atoms with Crippen LogP contribution in [0.4, 0.5) is 0 Å². The quantitative estimate of drug-likeness (QED) is 0.790. The number of amides is 1. The zero-order chi connectivity index (χ0) is 12.3. The number of nitrogens with two attached hydrogens (primary N) is 1. The van der Waals surface area contributed by atoms with Crippen molar-refractivity contribution in [1.29, 1.82) is 0 Å². The van der Waals surface area contributed by atoms with Gasteiger partial charge >= 0.3 is 0 Å². The molecule has 0 aliphatic carbocycles. The maximum absolute atomic E-state index is 12.0. The largest absolute Gasteiger partial charge is 0.340 e. The van der Waals surface area contributed by atoms with Gasteiger partial charge in [0.15, 0.2) is 0 Å². The van der Waals surface area contributed by atoms with Gasteiger partial charge in [0.1, 0.15) is 0 Å². The molecule has 0 bridgehead atoms. The fourth-order valence-corrected chi connectivity index (χ4v) is 2.95. The van der Waals surface area contributed by atoms with Crippen molar-refractivity contribution < 1.29 is 4.79 Å². The standard InChI is InChI=1S/C13H25N3O/c1-11(14)4-2-6-13(17)16-9-8-15-7-3-5-12(15)10-16/h11-12H,2-10,14H2,1H3. The molecule has 0 radical (unpaired) electrons. The van der Waals surface area contributed by atoms with Crippen molar-refractivity contribution in [3.8, 4) is 0 Å². The lowest BCUT2D eigenvalue weighted by Gasteiger charge is -2.37. The molecule has 0 spiro atoms. The van der Waals surface area contributed by atoms with Crippen LogP contribution in [0.3, 0.4) is 0 Å². The highest BCUT2D eigenvalue weighted by Crippen LogP contribution is 2.22. The lowest BCUT2D eigenvalue weighted by molar-refractivity contribution is -0.133. The molecule has 4 heteroatoms. The van der Waals surface area contributed by atoms with Gasteiger partial charge in [0, 0.05) is 38.1 Å². The van der Waals surface area contributed by atoms with E-state index in [1.54, 1.807) is 0 Å². The first-order chi connectivity index (χ1) is 8.16. The predicted octanol–water partition coefficient (Wildman–Crippen LogP) is 0.811. The van der Waals surface area contributed by atoms with Gasteiger partial charge in [-0.15, -0.1) is 0 Å². The molecule has 4 nitrogen and oxygen atoms in total. The molecule has 0 aromatic rings. The highest BCUT2D eigenvalue weighted by atomic mass is 16.2. The SMILES string of the molecule is CC(N)CCCC(=O)N1CCN2CCCC2C1. The van der Waals surface area contributed by atoms with Gasteiger partial charge in [-0.1, -0.05) is 0 Å². The van der Waals surface area contributed by atoms with Crippen molar-refractivity contribution in [1.82, 2.24) is 9.80 Å². The van der Waals surface area contributed by atoms with Gasteiger partial charge in [-0.25, -0.2) is 0 Å². The molecule has 0 saturated carbocycles. The summed E-state index contributed by atoms with van der Waals surface area (Å²) in [5.41, 5.74) is 5.70. The molecule has 1 amide bonds. The molecule has 17 heavy (non-hydrogen) atoms. The Kier molecular flexibility index (Phi) is 4.40. The summed E-state index contributed by atoms with van der Waals surface area (Å²) in [6.07, 6.45) is 5.13. The van der Waals surface area contributed by atoms with E-state index in [4.69, 9.17) is 5.73 Å². The Morgan fingerprint density at radius 2 is 2.24 bits per heavy atom. The van der Waals surface area contributed by atoms with Gasteiger partial charge in [0.25, 0.3) is 0 Å². The van der Waals surface area contributed by atoms with E-state index in [1.165, 1.54) is 19.4 Å². The summed E-state index contributed by atoms with van der Waals surface area (Å²) < 4.78 is 0. The predicted molar refractivity (Wildman–Crippen MR) is 68.7 cm³/mol. The van der Waals surface area contributed by atoms with Crippen LogP contribution in [-0.2, 0) is 4.79 Å². The average molecular weight is 239 g/mol. The normalized spacial score (nSPS) is 26.9. The van der Waals surface area contributed by atoms with E-state index in [1.807, 2.05) is 6.92 Å². The van der Waals surface area contributed by atoms with Crippen molar-refractivity contribution in [3.63, 3.8) is 0 Å². The molecular weight excluding hydrogens is 214 g/mol. The fraction of sp³-hybridized carbons (Fsp3) is 0.923. The third-order valence-corrected chi connectivity index (χ3v) is 3.99. The minimum atomic E-state index is 0.217. The number of hydrogen-bond acceptors (Lipinski definition) is 3. The summed E-state index contributed by atoms with van der Waals surface area (Å²) in [7, 11) is 0. The first-order valence-electron chi connectivity index (χ1n) is 6.94. The molecule has 2 N–H and O–H groups in total. The zero-order valence-corrected chi connectivity index (χ0v) is 10.9. The molecule has 98 valence electrons. The Morgan fingerprint density at radius 1 is 1.41 bits per heavy atom. The minimum Gasteiger partial charge on any atom is -0.340 e. The highest BCUT2D eigenvalue weighted by molar-refractivity contribution is 5.76. The van der Waals surface area contributed by atoms with Crippen molar-refractivity contribution in [2.24, 2.45) is 5.73 Å². The molecule has 2 unspecified atom stereocenters. The van der Waals surface area contributed by atoms with Gasteiger partial charge in [-0.05, 0) is 39.2 Å². The van der Waals surface area contributed by atoms with Gasteiger partial charge in [-0.2, -0.15) is 0 Å². The molecule has 2 saturated heterocycles. The van der Waals surface area contributed by atoms with E-state index in [9.17, 15) is 4.79 Å². The van der Waals surface area contributed by atoms with Crippen LogP contribution in [-0.4, -0.2) is 54.0 Å². The lowest BCUT2D eigenvalue weighted by atomic mass is 10.1. The maximum Gasteiger partial charge on any atom is 0.222 e. The van der Waals surface area contributed by atoms with E-state index in [-0.39, 0.29) is 6.04 Å². The Morgan fingerprint density at radius 3 is 3.00 bits per heavy atom. The van der Waals surface area contributed by atoms with Crippen LogP contribution < -0.4 is 5.73 Å². The third-order valence-electron chi connectivity index (χ3n) is 3.99. The van der Waals surface area contributed by atoms with Gasteiger partial charge in [0.05, 0.1) is 0 Å². The van der Waals surface area contributed by atoms with Crippen LogP contribution >= 0.6 is 0 Å². The lowest BCUT2D eigenvalue weighted by Crippen LogP contribution is -2.52. The number of carbonyl (C=O) groups excluding carboxylic acids is 1. The minimum absolute atomic E-state index is 0.217. The molecule has 0 aromatic heterocycles. The third kappa shape index (κ3) is 3.42. The molecule has 2 atom stereocenters. The fourth-order valence-electron chi connectivity index (χ4n) is 2.95. The monoisotopic (exact) mass is 239 g/mol. The molecule has 2 heterocycles. The Bertz CT molecular complexity index is 267. The number of nitrogens with zero attached hydrogens (tertiary/aromatic N) is 2. The van der Waals surface area contributed by atoms with Crippen LogP contribution in [0.5, 0.6) is 0 Å². The molecule has 0 aromatic carbocycles. The summed E-state index contributed by atoms with van der Waals surface area (Å²) in [5.74, 6) is 0.331. The van der Waals surface area contributed by atoms with E-state index in [0.717, 1.165) is 32.5 Å². The summed E-state index contributed by atoms with van der Waals surface area (Å²) in [4.78, 5) is 16.6. The molecular formula is C13H25N3O. The van der Waals surface area contributed by atoms with Gasteiger partial charge in [-0.3, -0.25) is 9.69 Å².